The van der Waals surface area contributed by atoms with Crippen molar-refractivity contribution in [3.63, 3.8) is 0 Å². The van der Waals surface area contributed by atoms with Gasteiger partial charge in [0.05, 0.1) is 6.10 Å². The number of aromatic carboxylic acids is 1. The van der Waals surface area contributed by atoms with Gasteiger partial charge in [0.2, 0.25) is 16.8 Å². The van der Waals surface area contributed by atoms with Crippen molar-refractivity contribution in [2.45, 2.75) is 30.1 Å². The Morgan fingerprint density at radius 1 is 1.33 bits per heavy atom. The number of carboxylic acids is 1. The zero-order valence-electron chi connectivity index (χ0n) is 13.0. The molecule has 1 unspecified atom stereocenters. The van der Waals surface area contributed by atoms with Crippen LogP contribution in [0.15, 0.2) is 21.6 Å². The Kier molecular flexibility index (Phi) is 4.37. The van der Waals surface area contributed by atoms with Crippen LogP contribution < -0.4 is 0 Å². The Labute approximate surface area is 138 Å². The number of nitrogens with zero attached hydrogens (tertiary/aromatic N) is 2. The van der Waals surface area contributed by atoms with Gasteiger partial charge in [-0.15, -0.1) is 0 Å². The van der Waals surface area contributed by atoms with Crippen LogP contribution in [0, 0.1) is 0 Å². The molecule has 1 N–H and O–H groups in total. The van der Waals surface area contributed by atoms with Crippen LogP contribution in [-0.4, -0.2) is 73.5 Å². The van der Waals surface area contributed by atoms with Crippen molar-refractivity contribution < 1.29 is 32.3 Å². The van der Waals surface area contributed by atoms with Gasteiger partial charge >= 0.3 is 5.97 Å². The Hall–Kier alpha value is -1.91. The van der Waals surface area contributed by atoms with E-state index in [1.807, 2.05) is 0 Å². The molecule has 1 aromatic rings. The largest absolute Gasteiger partial charge is 0.475 e. The second-order valence-electron chi connectivity index (χ2n) is 5.80. The van der Waals surface area contributed by atoms with E-state index in [0.717, 1.165) is 16.4 Å². The van der Waals surface area contributed by atoms with Crippen LogP contribution in [0.5, 0.6) is 0 Å². The number of carboxylic acid groups (broad SMARTS) is 1. The lowest BCUT2D eigenvalue weighted by molar-refractivity contribution is -0.146. The molecule has 132 valence electrons. The van der Waals surface area contributed by atoms with Crippen molar-refractivity contribution >= 4 is 21.9 Å². The average Bonchev–Trinajstić information content (AvgIpc) is 3.16. The summed E-state index contributed by atoms with van der Waals surface area (Å²) in [5.41, 5.74) is 0. The minimum absolute atomic E-state index is 0.0105. The van der Waals surface area contributed by atoms with Crippen molar-refractivity contribution in [3.05, 3.63) is 17.9 Å². The molecule has 0 aliphatic carbocycles. The third-order valence-electron chi connectivity index (χ3n) is 4.34. The Balaban J connectivity index is 1.78. The highest BCUT2D eigenvalue weighted by Gasteiger charge is 2.44. The number of methoxy groups -OCH3 is 1. The molecule has 0 bridgehead atoms. The fraction of sp³-hybridized carbons (Fsp3) is 0.571. The lowest BCUT2D eigenvalue weighted by atomic mass is 10.1. The number of furan rings is 1. The number of carbonyl (C=O) groups excluding carboxylic acids is 1. The SMILES string of the molecule is COC1CN(C(=O)C2CCCN2S(=O)(=O)c2ccc(C(=O)O)o2)C1. The molecule has 2 fully saturated rings. The number of hydrogen-bond donors (Lipinski definition) is 1. The van der Waals surface area contributed by atoms with Crippen LogP contribution in [0.4, 0.5) is 0 Å². The average molecular weight is 358 g/mol. The molecule has 3 rings (SSSR count). The normalized spacial score (nSPS) is 22.5. The summed E-state index contributed by atoms with van der Waals surface area (Å²) in [6, 6.07) is 1.40. The molecule has 1 aromatic heterocycles. The van der Waals surface area contributed by atoms with Gasteiger partial charge in [-0.05, 0) is 25.0 Å². The summed E-state index contributed by atoms with van der Waals surface area (Å²) in [5.74, 6) is -2.06. The summed E-state index contributed by atoms with van der Waals surface area (Å²) < 4.78 is 36.5. The first-order chi connectivity index (χ1) is 11.3. The monoisotopic (exact) mass is 358 g/mol. The molecule has 24 heavy (non-hydrogen) atoms. The van der Waals surface area contributed by atoms with Crippen molar-refractivity contribution in [2.24, 2.45) is 0 Å². The molecule has 2 saturated heterocycles. The predicted molar refractivity (Wildman–Crippen MR) is 80.0 cm³/mol. The smallest absolute Gasteiger partial charge is 0.371 e. The number of likely N-dealkylation sites (tertiary alicyclic amines) is 1. The molecule has 0 spiro atoms. The molecule has 3 heterocycles. The van der Waals surface area contributed by atoms with Crippen molar-refractivity contribution in [1.29, 1.82) is 0 Å². The van der Waals surface area contributed by atoms with E-state index in [2.05, 4.69) is 0 Å². The van der Waals surface area contributed by atoms with E-state index in [1.165, 1.54) is 0 Å². The van der Waals surface area contributed by atoms with E-state index in [4.69, 9.17) is 14.3 Å². The molecule has 2 aliphatic rings. The van der Waals surface area contributed by atoms with Crippen LogP contribution in [-0.2, 0) is 19.6 Å². The maximum Gasteiger partial charge on any atom is 0.371 e. The number of ether oxygens (including phenoxy) is 1. The summed E-state index contributed by atoms with van der Waals surface area (Å²) >= 11 is 0. The van der Waals surface area contributed by atoms with Gasteiger partial charge in [0.15, 0.2) is 0 Å². The van der Waals surface area contributed by atoms with Crippen LogP contribution in [0.2, 0.25) is 0 Å². The Morgan fingerprint density at radius 3 is 2.62 bits per heavy atom. The number of amides is 1. The molecule has 2 aliphatic heterocycles. The van der Waals surface area contributed by atoms with E-state index < -0.39 is 32.9 Å². The predicted octanol–water partition coefficient (Wildman–Crippen LogP) is -0.0119. The molecule has 0 aromatic carbocycles. The Bertz CT molecular complexity index is 751. The lowest BCUT2D eigenvalue weighted by Crippen LogP contribution is -2.59. The summed E-state index contributed by atoms with van der Waals surface area (Å²) in [5, 5.41) is 8.39. The number of carbonyl (C=O) groups is 2. The third kappa shape index (κ3) is 2.80. The van der Waals surface area contributed by atoms with Gasteiger partial charge in [0, 0.05) is 26.7 Å². The van der Waals surface area contributed by atoms with Crippen LogP contribution >= 0.6 is 0 Å². The summed E-state index contributed by atoms with van der Waals surface area (Å²) in [6.45, 7) is 1.09. The second kappa shape index (κ2) is 6.19. The highest BCUT2D eigenvalue weighted by Crippen LogP contribution is 2.29. The summed E-state index contributed by atoms with van der Waals surface area (Å²) in [4.78, 5) is 25.0. The van der Waals surface area contributed by atoms with Crippen LogP contribution in [0.25, 0.3) is 0 Å². The fourth-order valence-electron chi connectivity index (χ4n) is 2.94. The fourth-order valence-corrected chi connectivity index (χ4v) is 4.51. The first-order valence-corrected chi connectivity index (χ1v) is 8.95. The zero-order valence-corrected chi connectivity index (χ0v) is 13.9. The van der Waals surface area contributed by atoms with Gasteiger partial charge in [0.25, 0.3) is 10.0 Å². The molecule has 1 amide bonds. The molecule has 9 nitrogen and oxygen atoms in total. The quantitative estimate of drug-likeness (QED) is 0.786. The molecule has 0 radical (unpaired) electrons. The standard InChI is InChI=1S/C14H18N2O7S/c1-22-9-7-15(8-9)13(17)10-3-2-6-16(10)24(20,21)12-5-4-11(23-12)14(18)19/h4-5,9-10H,2-3,6-8H2,1H3,(H,18,19). The number of hydrogen-bond acceptors (Lipinski definition) is 6. The number of rotatable bonds is 5. The van der Waals surface area contributed by atoms with E-state index in [0.29, 0.717) is 25.9 Å². The molecule has 0 saturated carbocycles. The second-order valence-corrected chi connectivity index (χ2v) is 7.62. The first kappa shape index (κ1) is 16.9. The lowest BCUT2D eigenvalue weighted by Gasteiger charge is -2.40. The minimum Gasteiger partial charge on any atom is -0.475 e. The van der Waals surface area contributed by atoms with Crippen molar-refractivity contribution in [2.75, 3.05) is 26.7 Å². The van der Waals surface area contributed by atoms with Crippen LogP contribution in [0.1, 0.15) is 23.4 Å². The maximum atomic E-state index is 12.7. The first-order valence-electron chi connectivity index (χ1n) is 7.51. The zero-order chi connectivity index (χ0) is 17.5. The van der Waals surface area contributed by atoms with E-state index >= 15 is 0 Å². The molecular formula is C14H18N2O7S. The van der Waals surface area contributed by atoms with Gasteiger partial charge in [-0.25, -0.2) is 13.2 Å². The minimum atomic E-state index is -4.06. The molecule has 1 atom stereocenters. The van der Waals surface area contributed by atoms with E-state index in [1.54, 1.807) is 12.0 Å². The van der Waals surface area contributed by atoms with Gasteiger partial charge in [-0.3, -0.25) is 4.79 Å². The summed E-state index contributed by atoms with van der Waals surface area (Å²) in [6.07, 6.45) is 0.978. The van der Waals surface area contributed by atoms with Gasteiger partial charge in [-0.1, -0.05) is 0 Å². The maximum absolute atomic E-state index is 12.7. The van der Waals surface area contributed by atoms with E-state index in [-0.39, 0.29) is 18.6 Å². The van der Waals surface area contributed by atoms with E-state index in [9.17, 15) is 18.0 Å². The Morgan fingerprint density at radius 2 is 2.04 bits per heavy atom. The number of sulfonamides is 1. The van der Waals surface area contributed by atoms with Gasteiger partial charge < -0.3 is 19.2 Å². The van der Waals surface area contributed by atoms with Crippen molar-refractivity contribution in [3.8, 4) is 0 Å². The highest BCUT2D eigenvalue weighted by molar-refractivity contribution is 7.89. The van der Waals surface area contributed by atoms with Crippen molar-refractivity contribution in [1.82, 2.24) is 9.21 Å². The molecule has 10 heteroatoms. The highest BCUT2D eigenvalue weighted by atomic mass is 32.2. The van der Waals surface area contributed by atoms with Gasteiger partial charge in [-0.2, -0.15) is 4.31 Å². The van der Waals surface area contributed by atoms with Gasteiger partial charge in [0.1, 0.15) is 6.04 Å². The van der Waals surface area contributed by atoms with Crippen LogP contribution in [0.3, 0.4) is 0 Å². The topological polar surface area (TPSA) is 117 Å². The third-order valence-corrected chi connectivity index (χ3v) is 6.12. The molecular weight excluding hydrogens is 340 g/mol. The summed E-state index contributed by atoms with van der Waals surface area (Å²) in [7, 11) is -2.49.